The fraction of sp³-hybridized carbons (Fsp3) is 0.389. The minimum Gasteiger partial charge on any atom is -0.513 e. The van der Waals surface area contributed by atoms with E-state index in [0.29, 0.717) is 17.8 Å². The summed E-state index contributed by atoms with van der Waals surface area (Å²) in [4.78, 5) is 17.3. The molecule has 6 heteroatoms. The van der Waals surface area contributed by atoms with Gasteiger partial charge in [-0.25, -0.2) is 0 Å². The van der Waals surface area contributed by atoms with Gasteiger partial charge in [0.15, 0.2) is 0 Å². The highest BCUT2D eigenvalue weighted by molar-refractivity contribution is 7.22. The van der Waals surface area contributed by atoms with E-state index >= 15 is 0 Å². The molecule has 1 amide bonds. The van der Waals surface area contributed by atoms with Crippen LogP contribution in [0.15, 0.2) is 42.0 Å². The number of carbonyl (C=O) groups is 1. The predicted octanol–water partition coefficient (Wildman–Crippen LogP) is 4.62. The van der Waals surface area contributed by atoms with Gasteiger partial charge in [0.05, 0.1) is 10.6 Å². The monoisotopic (exact) mass is 366 g/mol. The quantitative estimate of drug-likeness (QED) is 0.703. The number of thiophene rings is 2. The standard InChI is InChI=1S/C16H20N2O2S2.C2H6/c1-11(19)9-12(10-18(2)3)17-16(20)15-7-6-14(22-15)13-5-4-8-21-13;1-2/h4-8,12,19H,1,9-10H2,2-3H3,(H,17,20);1-2H3. The Bertz CT molecular complexity index is 633. The first kappa shape index (κ1) is 20.4. The Hall–Kier alpha value is -1.63. The van der Waals surface area contributed by atoms with Crippen molar-refractivity contribution < 1.29 is 9.90 Å². The normalized spacial score (nSPS) is 11.5. The van der Waals surface area contributed by atoms with Crippen LogP contribution in [0.2, 0.25) is 0 Å². The van der Waals surface area contributed by atoms with E-state index in [1.807, 2.05) is 62.5 Å². The molecule has 4 nitrogen and oxygen atoms in total. The molecule has 2 aromatic rings. The van der Waals surface area contributed by atoms with Crippen molar-refractivity contribution in [2.45, 2.75) is 26.3 Å². The highest BCUT2D eigenvalue weighted by atomic mass is 32.1. The van der Waals surface area contributed by atoms with Gasteiger partial charge in [-0.3, -0.25) is 4.79 Å². The van der Waals surface area contributed by atoms with E-state index in [1.165, 1.54) is 11.3 Å². The minimum absolute atomic E-state index is 0.0811. The summed E-state index contributed by atoms with van der Waals surface area (Å²) in [6.07, 6.45) is 0.354. The first-order valence-electron chi connectivity index (χ1n) is 7.91. The Morgan fingerprint density at radius 1 is 1.29 bits per heavy atom. The van der Waals surface area contributed by atoms with Crippen LogP contribution >= 0.6 is 22.7 Å². The van der Waals surface area contributed by atoms with Gasteiger partial charge in [0.25, 0.3) is 5.91 Å². The number of amides is 1. The summed E-state index contributed by atoms with van der Waals surface area (Å²) in [7, 11) is 3.86. The van der Waals surface area contributed by atoms with Crippen molar-refractivity contribution in [1.82, 2.24) is 10.2 Å². The van der Waals surface area contributed by atoms with Crippen molar-refractivity contribution in [3.8, 4) is 9.75 Å². The van der Waals surface area contributed by atoms with Gasteiger partial charge in [-0.2, -0.15) is 0 Å². The second-order valence-electron chi connectivity index (χ2n) is 5.34. The third-order valence-electron chi connectivity index (χ3n) is 3.00. The van der Waals surface area contributed by atoms with Crippen LogP contribution in [0.1, 0.15) is 29.9 Å². The van der Waals surface area contributed by atoms with Crippen molar-refractivity contribution in [3.05, 3.63) is 46.9 Å². The molecule has 0 aliphatic rings. The third kappa shape index (κ3) is 6.47. The number of hydrogen-bond donors (Lipinski definition) is 2. The summed E-state index contributed by atoms with van der Waals surface area (Å²) >= 11 is 3.14. The van der Waals surface area contributed by atoms with Crippen LogP contribution in [0.25, 0.3) is 9.75 Å². The van der Waals surface area contributed by atoms with E-state index in [4.69, 9.17) is 0 Å². The molecular formula is C18H26N2O2S2. The molecule has 132 valence electrons. The molecule has 0 saturated carbocycles. The average molecular weight is 367 g/mol. The summed E-state index contributed by atoms with van der Waals surface area (Å²) in [6, 6.07) is 7.70. The zero-order chi connectivity index (χ0) is 18.1. The van der Waals surface area contributed by atoms with Gasteiger partial charge in [0.1, 0.15) is 0 Å². The summed E-state index contributed by atoms with van der Waals surface area (Å²) in [6.45, 7) is 8.16. The van der Waals surface area contributed by atoms with Crippen LogP contribution in [0.3, 0.4) is 0 Å². The van der Waals surface area contributed by atoms with Gasteiger partial charge < -0.3 is 15.3 Å². The van der Waals surface area contributed by atoms with E-state index in [2.05, 4.69) is 11.9 Å². The van der Waals surface area contributed by atoms with Crippen LogP contribution in [-0.4, -0.2) is 42.6 Å². The number of nitrogens with zero attached hydrogens (tertiary/aromatic N) is 1. The van der Waals surface area contributed by atoms with Crippen molar-refractivity contribution in [1.29, 1.82) is 0 Å². The van der Waals surface area contributed by atoms with Crippen molar-refractivity contribution >= 4 is 28.6 Å². The van der Waals surface area contributed by atoms with E-state index in [-0.39, 0.29) is 17.7 Å². The number of likely N-dealkylation sites (N-methyl/N-ethyl adjacent to an activating group) is 1. The fourth-order valence-corrected chi connectivity index (χ4v) is 3.90. The van der Waals surface area contributed by atoms with Crippen LogP contribution in [-0.2, 0) is 0 Å². The lowest BCUT2D eigenvalue weighted by Crippen LogP contribution is -2.41. The summed E-state index contributed by atoms with van der Waals surface area (Å²) < 4.78 is 0. The van der Waals surface area contributed by atoms with Gasteiger partial charge in [-0.15, -0.1) is 22.7 Å². The van der Waals surface area contributed by atoms with Crippen molar-refractivity contribution in [2.24, 2.45) is 0 Å². The number of aliphatic hydroxyl groups is 1. The zero-order valence-electron chi connectivity index (χ0n) is 14.7. The van der Waals surface area contributed by atoms with E-state index in [1.54, 1.807) is 11.3 Å². The number of nitrogens with one attached hydrogen (secondary N) is 1. The first-order chi connectivity index (χ1) is 11.5. The third-order valence-corrected chi connectivity index (χ3v) is 5.15. The molecule has 0 spiro atoms. The van der Waals surface area contributed by atoms with Gasteiger partial charge >= 0.3 is 0 Å². The largest absolute Gasteiger partial charge is 0.513 e. The molecule has 2 aromatic heterocycles. The SMILES string of the molecule is C=C(O)CC(CN(C)C)NC(=O)c1ccc(-c2cccs2)s1.CC. The Morgan fingerprint density at radius 2 is 2.00 bits per heavy atom. The Labute approximate surface area is 152 Å². The Morgan fingerprint density at radius 3 is 2.54 bits per heavy atom. The maximum atomic E-state index is 12.4. The molecule has 2 N–H and O–H groups in total. The maximum absolute atomic E-state index is 12.4. The lowest BCUT2D eigenvalue weighted by atomic mass is 10.1. The molecule has 0 aliphatic heterocycles. The molecule has 1 atom stereocenters. The Kier molecular flexibility index (Phi) is 8.74. The molecule has 24 heavy (non-hydrogen) atoms. The molecule has 0 radical (unpaired) electrons. The fourth-order valence-electron chi connectivity index (χ4n) is 2.15. The first-order valence-corrected chi connectivity index (χ1v) is 9.61. The smallest absolute Gasteiger partial charge is 0.261 e. The number of rotatable bonds is 7. The molecular weight excluding hydrogens is 340 g/mol. The predicted molar refractivity (Wildman–Crippen MR) is 105 cm³/mol. The number of aliphatic hydroxyl groups excluding tert-OH is 1. The van der Waals surface area contributed by atoms with Gasteiger partial charge in [0, 0.05) is 28.8 Å². The summed E-state index contributed by atoms with van der Waals surface area (Å²) in [5, 5.41) is 14.4. The summed E-state index contributed by atoms with van der Waals surface area (Å²) in [5.74, 6) is -0.0292. The molecule has 0 saturated heterocycles. The molecule has 0 bridgehead atoms. The van der Waals surface area contributed by atoms with Gasteiger partial charge in [0.2, 0.25) is 0 Å². The average Bonchev–Trinajstić information content (AvgIpc) is 3.19. The Balaban J connectivity index is 0.00000139. The van der Waals surface area contributed by atoms with Gasteiger partial charge in [-0.1, -0.05) is 26.5 Å². The van der Waals surface area contributed by atoms with Crippen molar-refractivity contribution in [3.63, 3.8) is 0 Å². The number of hydrogen-bond acceptors (Lipinski definition) is 5. The number of carbonyl (C=O) groups excluding carboxylic acids is 1. The van der Waals surface area contributed by atoms with Crippen LogP contribution in [0.5, 0.6) is 0 Å². The van der Waals surface area contributed by atoms with Crippen molar-refractivity contribution in [2.75, 3.05) is 20.6 Å². The highest BCUT2D eigenvalue weighted by Crippen LogP contribution is 2.31. The van der Waals surface area contributed by atoms with Crippen LogP contribution < -0.4 is 5.32 Å². The van der Waals surface area contributed by atoms with E-state index in [0.717, 1.165) is 9.75 Å². The second-order valence-corrected chi connectivity index (χ2v) is 7.38. The lowest BCUT2D eigenvalue weighted by Gasteiger charge is -2.21. The maximum Gasteiger partial charge on any atom is 0.261 e. The second kappa shape index (κ2) is 10.3. The molecule has 0 aromatic carbocycles. The molecule has 2 heterocycles. The van der Waals surface area contributed by atoms with Gasteiger partial charge in [-0.05, 0) is 37.7 Å². The van der Waals surface area contributed by atoms with E-state index in [9.17, 15) is 9.90 Å². The molecule has 2 rings (SSSR count). The topological polar surface area (TPSA) is 52.6 Å². The summed E-state index contributed by atoms with van der Waals surface area (Å²) in [5.41, 5.74) is 0. The lowest BCUT2D eigenvalue weighted by molar-refractivity contribution is 0.0932. The molecule has 0 fully saturated rings. The minimum atomic E-state index is -0.160. The van der Waals surface area contributed by atoms with E-state index < -0.39 is 0 Å². The van der Waals surface area contributed by atoms with Crippen LogP contribution in [0.4, 0.5) is 0 Å². The highest BCUT2D eigenvalue weighted by Gasteiger charge is 2.17. The van der Waals surface area contributed by atoms with Crippen LogP contribution in [0, 0.1) is 0 Å². The molecule has 1 unspecified atom stereocenters. The molecule has 0 aliphatic carbocycles. The zero-order valence-corrected chi connectivity index (χ0v) is 16.3.